The molecule has 0 radical (unpaired) electrons. The molecular weight excluding hydrogens is 338 g/mol. The number of aryl methyl sites for hydroxylation is 2. The Morgan fingerprint density at radius 3 is 2.52 bits per heavy atom. The van der Waals surface area contributed by atoms with E-state index in [1.165, 1.54) is 17.5 Å². The maximum atomic E-state index is 12.6. The highest BCUT2D eigenvalue weighted by molar-refractivity contribution is 5.97. The van der Waals surface area contributed by atoms with Crippen LogP contribution in [0.25, 0.3) is 0 Å². The number of amides is 2. The summed E-state index contributed by atoms with van der Waals surface area (Å²) in [5.41, 5.74) is 6.62. The van der Waals surface area contributed by atoms with Crippen molar-refractivity contribution in [2.45, 2.75) is 45.6 Å². The number of carbonyl (C=O) groups excluding carboxylic acids is 2. The second kappa shape index (κ2) is 7.06. The van der Waals surface area contributed by atoms with Crippen LogP contribution in [0.3, 0.4) is 0 Å². The predicted molar refractivity (Wildman–Crippen MR) is 108 cm³/mol. The molecule has 0 spiro atoms. The molecule has 2 amide bonds. The van der Waals surface area contributed by atoms with E-state index in [4.69, 9.17) is 0 Å². The molecule has 2 aromatic rings. The van der Waals surface area contributed by atoms with Crippen molar-refractivity contribution in [1.29, 1.82) is 0 Å². The maximum absolute atomic E-state index is 12.6. The van der Waals surface area contributed by atoms with Gasteiger partial charge in [-0.2, -0.15) is 0 Å². The number of carbonyl (C=O) groups is 2. The van der Waals surface area contributed by atoms with E-state index < -0.39 is 0 Å². The van der Waals surface area contributed by atoms with E-state index in [1.54, 1.807) is 11.8 Å². The zero-order chi connectivity index (χ0) is 19.0. The molecule has 5 nitrogen and oxygen atoms in total. The summed E-state index contributed by atoms with van der Waals surface area (Å²) in [5.74, 6) is 0.00959. The maximum Gasteiger partial charge on any atom is 0.246 e. The summed E-state index contributed by atoms with van der Waals surface area (Å²) < 4.78 is 0. The van der Waals surface area contributed by atoms with Crippen molar-refractivity contribution in [3.05, 3.63) is 53.1 Å². The largest absolute Gasteiger partial charge is 0.374 e. The standard InChI is InChI=1S/C22H25N3O2/c1-14(22(27)24-20-7-6-16-4-3-5-17(16)12-20)23-19-8-9-21-18(13-19)10-11-25(21)15(2)26/h6-9,12-14,23H,3-5,10-11H2,1-2H3,(H,24,27). The Labute approximate surface area is 159 Å². The number of hydrogen-bond acceptors (Lipinski definition) is 3. The third kappa shape index (κ3) is 3.54. The van der Waals surface area contributed by atoms with Crippen molar-refractivity contribution < 1.29 is 9.59 Å². The van der Waals surface area contributed by atoms with E-state index in [1.807, 2.05) is 31.2 Å². The average molecular weight is 363 g/mol. The van der Waals surface area contributed by atoms with Crippen molar-refractivity contribution in [2.24, 2.45) is 0 Å². The Hall–Kier alpha value is -2.82. The van der Waals surface area contributed by atoms with Crippen LogP contribution in [0.1, 0.15) is 37.0 Å². The Morgan fingerprint density at radius 1 is 0.963 bits per heavy atom. The topological polar surface area (TPSA) is 61.4 Å². The quantitative estimate of drug-likeness (QED) is 0.874. The Bertz CT molecular complexity index is 906. The molecule has 1 unspecified atom stereocenters. The minimum Gasteiger partial charge on any atom is -0.374 e. The smallest absolute Gasteiger partial charge is 0.246 e. The van der Waals surface area contributed by atoms with Crippen LogP contribution in [0.5, 0.6) is 0 Å². The third-order valence-electron chi connectivity index (χ3n) is 5.50. The molecule has 1 heterocycles. The molecule has 4 rings (SSSR count). The van der Waals surface area contributed by atoms with Gasteiger partial charge in [-0.05, 0) is 79.6 Å². The Balaban J connectivity index is 1.41. The summed E-state index contributed by atoms with van der Waals surface area (Å²) in [4.78, 5) is 26.0. The summed E-state index contributed by atoms with van der Waals surface area (Å²) in [6.45, 7) is 4.17. The van der Waals surface area contributed by atoms with Crippen LogP contribution in [-0.4, -0.2) is 24.4 Å². The molecule has 1 aliphatic carbocycles. The van der Waals surface area contributed by atoms with Gasteiger partial charge >= 0.3 is 0 Å². The molecule has 27 heavy (non-hydrogen) atoms. The lowest BCUT2D eigenvalue weighted by atomic mass is 10.1. The highest BCUT2D eigenvalue weighted by atomic mass is 16.2. The summed E-state index contributed by atoms with van der Waals surface area (Å²) in [7, 11) is 0. The molecule has 0 bridgehead atoms. The number of nitrogens with one attached hydrogen (secondary N) is 2. The first kappa shape index (κ1) is 17.6. The molecule has 1 atom stereocenters. The number of fused-ring (bicyclic) bond motifs is 2. The van der Waals surface area contributed by atoms with Crippen molar-refractivity contribution >= 4 is 28.9 Å². The molecule has 2 aromatic carbocycles. The first-order valence-corrected chi connectivity index (χ1v) is 9.61. The predicted octanol–water partition coefficient (Wildman–Crippen LogP) is 3.52. The fourth-order valence-electron chi connectivity index (χ4n) is 4.03. The van der Waals surface area contributed by atoms with Gasteiger partial charge in [-0.25, -0.2) is 0 Å². The van der Waals surface area contributed by atoms with Crippen molar-refractivity contribution in [2.75, 3.05) is 22.1 Å². The lowest BCUT2D eigenvalue weighted by Gasteiger charge is -2.18. The van der Waals surface area contributed by atoms with Gasteiger partial charge in [0.25, 0.3) is 0 Å². The van der Waals surface area contributed by atoms with Crippen LogP contribution in [0.4, 0.5) is 17.1 Å². The molecule has 140 valence electrons. The van der Waals surface area contributed by atoms with Gasteiger partial charge in [-0.15, -0.1) is 0 Å². The first-order valence-electron chi connectivity index (χ1n) is 9.61. The molecule has 2 N–H and O–H groups in total. The molecule has 0 aromatic heterocycles. The summed E-state index contributed by atoms with van der Waals surface area (Å²) >= 11 is 0. The van der Waals surface area contributed by atoms with Gasteiger partial charge in [-0.1, -0.05) is 6.07 Å². The fourth-order valence-corrected chi connectivity index (χ4v) is 4.03. The van der Waals surface area contributed by atoms with Gasteiger partial charge in [0.05, 0.1) is 0 Å². The summed E-state index contributed by atoms with van der Waals surface area (Å²) in [5, 5.41) is 6.28. The van der Waals surface area contributed by atoms with Crippen molar-refractivity contribution in [1.82, 2.24) is 0 Å². The second-order valence-corrected chi connectivity index (χ2v) is 7.46. The molecule has 1 aliphatic heterocycles. The number of hydrogen-bond donors (Lipinski definition) is 2. The van der Waals surface area contributed by atoms with E-state index in [0.717, 1.165) is 48.4 Å². The SMILES string of the molecule is CC(=O)N1CCc2cc(NC(C)C(=O)Nc3ccc4c(c3)CCC4)ccc21. The van der Waals surface area contributed by atoms with Crippen LogP contribution < -0.4 is 15.5 Å². The van der Waals surface area contributed by atoms with E-state index in [0.29, 0.717) is 0 Å². The summed E-state index contributed by atoms with van der Waals surface area (Å²) in [6.07, 6.45) is 4.28. The van der Waals surface area contributed by atoms with E-state index >= 15 is 0 Å². The van der Waals surface area contributed by atoms with E-state index in [2.05, 4.69) is 22.8 Å². The van der Waals surface area contributed by atoms with Gasteiger partial charge in [0.2, 0.25) is 11.8 Å². The number of benzene rings is 2. The van der Waals surface area contributed by atoms with Crippen LogP contribution in [0.15, 0.2) is 36.4 Å². The lowest BCUT2D eigenvalue weighted by Crippen LogP contribution is -2.32. The zero-order valence-electron chi connectivity index (χ0n) is 15.8. The van der Waals surface area contributed by atoms with Crippen LogP contribution >= 0.6 is 0 Å². The second-order valence-electron chi connectivity index (χ2n) is 7.46. The van der Waals surface area contributed by atoms with E-state index in [-0.39, 0.29) is 17.9 Å². The van der Waals surface area contributed by atoms with Crippen LogP contribution in [-0.2, 0) is 28.9 Å². The molecule has 2 aliphatic rings. The Kier molecular flexibility index (Phi) is 4.60. The molecule has 0 saturated heterocycles. The zero-order valence-corrected chi connectivity index (χ0v) is 15.8. The lowest BCUT2D eigenvalue weighted by molar-refractivity contribution is -0.117. The van der Waals surface area contributed by atoms with Gasteiger partial charge < -0.3 is 15.5 Å². The highest BCUT2D eigenvalue weighted by Crippen LogP contribution is 2.31. The van der Waals surface area contributed by atoms with Gasteiger partial charge in [0, 0.05) is 30.5 Å². The normalized spacial score (nSPS) is 15.9. The molecule has 5 heteroatoms. The minimum atomic E-state index is -0.360. The number of anilines is 3. The molecular formula is C22H25N3O2. The highest BCUT2D eigenvalue weighted by Gasteiger charge is 2.23. The third-order valence-corrected chi connectivity index (χ3v) is 5.50. The van der Waals surface area contributed by atoms with Crippen LogP contribution in [0.2, 0.25) is 0 Å². The molecule has 0 fully saturated rings. The Morgan fingerprint density at radius 2 is 1.70 bits per heavy atom. The average Bonchev–Trinajstić information content (AvgIpc) is 3.27. The fraction of sp³-hybridized carbons (Fsp3) is 0.364. The first-order chi connectivity index (χ1) is 13.0. The van der Waals surface area contributed by atoms with Gasteiger partial charge in [0.1, 0.15) is 6.04 Å². The number of rotatable bonds is 4. The van der Waals surface area contributed by atoms with Gasteiger partial charge in [0.15, 0.2) is 0 Å². The van der Waals surface area contributed by atoms with E-state index in [9.17, 15) is 9.59 Å². The van der Waals surface area contributed by atoms with Crippen molar-refractivity contribution in [3.8, 4) is 0 Å². The molecule has 0 saturated carbocycles. The minimum absolute atomic E-state index is 0.0567. The van der Waals surface area contributed by atoms with Crippen LogP contribution in [0, 0.1) is 0 Å². The monoisotopic (exact) mass is 363 g/mol. The van der Waals surface area contributed by atoms with Crippen molar-refractivity contribution in [3.63, 3.8) is 0 Å². The number of nitrogens with zero attached hydrogens (tertiary/aromatic N) is 1. The van der Waals surface area contributed by atoms with Gasteiger partial charge in [-0.3, -0.25) is 9.59 Å². The summed E-state index contributed by atoms with van der Waals surface area (Å²) in [6, 6.07) is 11.8.